The fourth-order valence-corrected chi connectivity index (χ4v) is 12.6. The van der Waals surface area contributed by atoms with Crippen LogP contribution in [0.5, 0.6) is 0 Å². The first-order valence-corrected chi connectivity index (χ1v) is 40.7. The number of carbonyl (C=O) groups is 4. The molecule has 0 aliphatic rings. The average Bonchev–Trinajstić information content (AvgIpc) is 1.60. The van der Waals surface area contributed by atoms with Gasteiger partial charge >= 0.3 is 39.5 Å². The van der Waals surface area contributed by atoms with E-state index in [0.29, 0.717) is 37.5 Å². The molecule has 17 nitrogen and oxygen atoms in total. The third kappa shape index (κ3) is 65.4. The summed E-state index contributed by atoms with van der Waals surface area (Å²) in [5.41, 5.74) is 0. The van der Waals surface area contributed by atoms with Crippen LogP contribution in [0.25, 0.3) is 0 Å². The molecule has 19 heteroatoms. The standard InChI is InChI=1S/C73H142O17P2/c1-9-66(8)52-44-36-27-21-18-19-23-29-40-48-56-73(78)90-69(60-84-71(76)54-46-38-32-31-35-43-51-65(6)7)62-88-92(81,82)86-58-67(74)57-85-91(79,80)87-61-68(59-83-70(75)53-45-37-30-24-26-34-42-50-64(4)5)89-72(77)55-47-39-28-22-17-15-13-11-10-12-14-16-20-25-33-41-49-63(2)3/h63-69,74H,9-62H2,1-8H3,(H,79,80)(H,81,82)/t66?,67-,68-,69-/m1/s1. The fourth-order valence-electron chi connectivity index (χ4n) is 11.0. The van der Waals surface area contributed by atoms with Gasteiger partial charge in [0, 0.05) is 25.7 Å². The quantitative estimate of drug-likeness (QED) is 0.0222. The number of phosphoric ester groups is 2. The van der Waals surface area contributed by atoms with E-state index < -0.39 is 97.5 Å². The Labute approximate surface area is 562 Å². The van der Waals surface area contributed by atoms with Gasteiger partial charge in [-0.3, -0.25) is 37.3 Å². The predicted octanol–water partition coefficient (Wildman–Crippen LogP) is 20.9. The van der Waals surface area contributed by atoms with Crippen LogP contribution in [0, 0.1) is 23.7 Å². The number of esters is 4. The maximum absolute atomic E-state index is 13.0. The summed E-state index contributed by atoms with van der Waals surface area (Å²) < 4.78 is 68.3. The predicted molar refractivity (Wildman–Crippen MR) is 372 cm³/mol. The minimum Gasteiger partial charge on any atom is -0.462 e. The Morgan fingerprint density at radius 1 is 0.304 bits per heavy atom. The third-order valence-electron chi connectivity index (χ3n) is 17.2. The number of unbranched alkanes of at least 4 members (excludes halogenated alkanes) is 35. The lowest BCUT2D eigenvalue weighted by molar-refractivity contribution is -0.161. The average molecular weight is 1350 g/mol. The lowest BCUT2D eigenvalue weighted by Gasteiger charge is -2.21. The highest BCUT2D eigenvalue weighted by Crippen LogP contribution is 2.45. The van der Waals surface area contributed by atoms with Gasteiger partial charge in [-0.2, -0.15) is 0 Å². The minimum absolute atomic E-state index is 0.105. The molecule has 0 amide bonds. The van der Waals surface area contributed by atoms with Gasteiger partial charge in [0.25, 0.3) is 0 Å². The molecule has 0 aromatic heterocycles. The van der Waals surface area contributed by atoms with Crippen LogP contribution in [-0.2, 0) is 65.4 Å². The van der Waals surface area contributed by atoms with Gasteiger partial charge < -0.3 is 33.8 Å². The van der Waals surface area contributed by atoms with E-state index in [0.717, 1.165) is 115 Å². The monoisotopic (exact) mass is 1350 g/mol. The van der Waals surface area contributed by atoms with E-state index in [4.69, 9.17) is 37.0 Å². The van der Waals surface area contributed by atoms with Gasteiger partial charge in [-0.1, -0.05) is 312 Å². The molecule has 0 fully saturated rings. The molecular weight excluding hydrogens is 1210 g/mol. The molecule has 0 aromatic carbocycles. The number of carbonyl (C=O) groups excluding carboxylic acids is 4. The Morgan fingerprint density at radius 2 is 0.522 bits per heavy atom. The summed E-state index contributed by atoms with van der Waals surface area (Å²) in [4.78, 5) is 72.6. The molecule has 0 saturated carbocycles. The van der Waals surface area contributed by atoms with Crippen molar-refractivity contribution in [2.45, 2.75) is 382 Å². The van der Waals surface area contributed by atoms with Crippen LogP contribution in [0.1, 0.15) is 364 Å². The Bertz CT molecular complexity index is 1820. The molecule has 0 spiro atoms. The van der Waals surface area contributed by atoms with Crippen molar-refractivity contribution >= 4 is 39.5 Å². The highest BCUT2D eigenvalue weighted by atomic mass is 31.2. The Balaban J connectivity index is 5.20. The summed E-state index contributed by atoms with van der Waals surface area (Å²) in [6, 6.07) is 0. The summed E-state index contributed by atoms with van der Waals surface area (Å²) in [7, 11) is -9.91. The number of ether oxygens (including phenoxy) is 4. The van der Waals surface area contributed by atoms with Gasteiger partial charge in [-0.25, -0.2) is 9.13 Å². The van der Waals surface area contributed by atoms with E-state index in [9.17, 15) is 43.2 Å². The molecular formula is C73H142O17P2. The lowest BCUT2D eigenvalue weighted by atomic mass is 9.99. The summed E-state index contributed by atoms with van der Waals surface area (Å²) >= 11 is 0. The fraction of sp³-hybridized carbons (Fsp3) is 0.945. The highest BCUT2D eigenvalue weighted by Gasteiger charge is 2.30. The van der Waals surface area contributed by atoms with Crippen molar-refractivity contribution in [3.05, 3.63) is 0 Å². The first-order chi connectivity index (χ1) is 44.1. The Morgan fingerprint density at radius 3 is 0.772 bits per heavy atom. The zero-order chi connectivity index (χ0) is 68.2. The zero-order valence-electron chi connectivity index (χ0n) is 60.2. The Hall–Kier alpha value is -1.94. The Kier molecular flexibility index (Phi) is 61.3. The first-order valence-electron chi connectivity index (χ1n) is 37.7. The van der Waals surface area contributed by atoms with Crippen molar-refractivity contribution in [2.24, 2.45) is 23.7 Å². The molecule has 0 aliphatic carbocycles. The molecule has 0 radical (unpaired) electrons. The number of rotatable bonds is 70. The number of phosphoric acid groups is 2. The van der Waals surface area contributed by atoms with Gasteiger partial charge in [0.2, 0.25) is 0 Å². The maximum Gasteiger partial charge on any atom is 0.472 e. The smallest absolute Gasteiger partial charge is 0.462 e. The van der Waals surface area contributed by atoms with Crippen LogP contribution < -0.4 is 0 Å². The van der Waals surface area contributed by atoms with E-state index in [2.05, 4.69) is 55.4 Å². The third-order valence-corrected chi connectivity index (χ3v) is 19.1. The summed E-state index contributed by atoms with van der Waals surface area (Å²) in [6.07, 6.45) is 46.0. The van der Waals surface area contributed by atoms with Gasteiger partial charge in [-0.15, -0.1) is 0 Å². The largest absolute Gasteiger partial charge is 0.472 e. The van der Waals surface area contributed by atoms with E-state index in [-0.39, 0.29) is 25.7 Å². The van der Waals surface area contributed by atoms with Crippen molar-refractivity contribution in [3.8, 4) is 0 Å². The molecule has 0 aliphatic heterocycles. The number of hydrogen-bond donors (Lipinski definition) is 3. The normalized spacial score (nSPS) is 14.5. The molecule has 546 valence electrons. The molecule has 0 heterocycles. The van der Waals surface area contributed by atoms with E-state index >= 15 is 0 Å². The summed E-state index contributed by atoms with van der Waals surface area (Å²) in [6.45, 7) is 14.1. The van der Waals surface area contributed by atoms with Crippen LogP contribution in [0.15, 0.2) is 0 Å². The van der Waals surface area contributed by atoms with Gasteiger partial charge in [0.1, 0.15) is 19.3 Å². The molecule has 6 atom stereocenters. The van der Waals surface area contributed by atoms with Gasteiger partial charge in [-0.05, 0) is 49.4 Å². The van der Waals surface area contributed by atoms with Crippen molar-refractivity contribution in [2.75, 3.05) is 39.6 Å². The molecule has 3 unspecified atom stereocenters. The van der Waals surface area contributed by atoms with Crippen molar-refractivity contribution in [1.29, 1.82) is 0 Å². The second-order valence-corrected chi connectivity index (χ2v) is 30.9. The van der Waals surface area contributed by atoms with Crippen LogP contribution in [0.2, 0.25) is 0 Å². The van der Waals surface area contributed by atoms with Crippen LogP contribution in [0.4, 0.5) is 0 Å². The van der Waals surface area contributed by atoms with Crippen molar-refractivity contribution < 1.29 is 80.2 Å². The summed E-state index contributed by atoms with van der Waals surface area (Å²) in [5.74, 6) is 0.868. The van der Waals surface area contributed by atoms with Gasteiger partial charge in [0.15, 0.2) is 12.2 Å². The van der Waals surface area contributed by atoms with E-state index in [1.165, 1.54) is 154 Å². The number of aliphatic hydroxyl groups is 1. The number of aliphatic hydroxyl groups excluding tert-OH is 1. The van der Waals surface area contributed by atoms with Gasteiger partial charge in [0.05, 0.1) is 26.4 Å². The van der Waals surface area contributed by atoms with Crippen molar-refractivity contribution in [3.63, 3.8) is 0 Å². The molecule has 0 bridgehead atoms. The van der Waals surface area contributed by atoms with Crippen LogP contribution in [-0.4, -0.2) is 96.7 Å². The second-order valence-electron chi connectivity index (χ2n) is 28.0. The number of hydrogen-bond acceptors (Lipinski definition) is 15. The highest BCUT2D eigenvalue weighted by molar-refractivity contribution is 7.47. The van der Waals surface area contributed by atoms with Crippen LogP contribution in [0.3, 0.4) is 0 Å². The zero-order valence-corrected chi connectivity index (χ0v) is 62.0. The molecule has 3 N–H and O–H groups in total. The molecule has 0 saturated heterocycles. The van der Waals surface area contributed by atoms with Crippen molar-refractivity contribution in [1.82, 2.24) is 0 Å². The topological polar surface area (TPSA) is 237 Å². The van der Waals surface area contributed by atoms with Crippen LogP contribution >= 0.6 is 15.6 Å². The SMILES string of the molecule is CCC(C)CCCCCCCCCCCCC(=O)O[C@H](COC(=O)CCCCCCCCC(C)C)COP(=O)(O)OC[C@H](O)COP(=O)(O)OC[C@@H](COC(=O)CCCCCCCCCC(C)C)OC(=O)CCCCCCCCCCCCCCCCCCC(C)C. The molecule has 92 heavy (non-hydrogen) atoms. The second kappa shape index (κ2) is 62.6. The summed E-state index contributed by atoms with van der Waals surface area (Å²) in [5, 5.41) is 10.6. The first kappa shape index (κ1) is 90.1. The van der Waals surface area contributed by atoms with E-state index in [1.54, 1.807) is 0 Å². The minimum atomic E-state index is -4.95. The lowest BCUT2D eigenvalue weighted by Crippen LogP contribution is -2.30. The molecule has 0 rings (SSSR count). The maximum atomic E-state index is 13.0. The molecule has 0 aromatic rings. The van der Waals surface area contributed by atoms with E-state index in [1.807, 2.05) is 0 Å².